The van der Waals surface area contributed by atoms with Crippen LogP contribution in [0.4, 0.5) is 0 Å². The van der Waals surface area contributed by atoms with Crippen molar-refractivity contribution in [2.24, 2.45) is 5.92 Å². The Labute approximate surface area is 137 Å². The quantitative estimate of drug-likeness (QED) is 0.684. The first-order valence-corrected chi connectivity index (χ1v) is 9.21. The van der Waals surface area contributed by atoms with Crippen molar-refractivity contribution >= 4 is 15.9 Å². The Balaban J connectivity index is 2.18. The van der Waals surface area contributed by atoms with Crippen LogP contribution >= 0.6 is 15.9 Å². The third-order valence-corrected chi connectivity index (χ3v) is 5.03. The molecule has 1 N–H and O–H groups in total. The van der Waals surface area contributed by atoms with Crippen LogP contribution in [0.15, 0.2) is 22.7 Å². The topological polar surface area (TPSA) is 21.3 Å². The fourth-order valence-corrected chi connectivity index (χ4v) is 3.91. The maximum atomic E-state index is 5.63. The Bertz CT molecular complexity index is 427. The summed E-state index contributed by atoms with van der Waals surface area (Å²) in [7, 11) is 0. The Morgan fingerprint density at radius 2 is 1.90 bits per heavy atom. The highest BCUT2D eigenvalue weighted by Crippen LogP contribution is 2.36. The molecular weight excluding hydrogens is 326 g/mol. The summed E-state index contributed by atoms with van der Waals surface area (Å²) in [6.45, 7) is 5.95. The van der Waals surface area contributed by atoms with E-state index in [1.165, 1.54) is 44.1 Å². The largest absolute Gasteiger partial charge is 0.493 e. The molecule has 1 saturated carbocycles. The number of hydrogen-bond acceptors (Lipinski definition) is 2. The minimum atomic E-state index is 0.472. The lowest BCUT2D eigenvalue weighted by atomic mass is 9.87. The second-order valence-corrected chi connectivity index (χ2v) is 6.76. The van der Waals surface area contributed by atoms with E-state index in [0.717, 1.165) is 22.7 Å². The smallest absolute Gasteiger partial charge is 0.133 e. The fraction of sp³-hybridized carbons (Fsp3) is 0.667. The molecule has 1 unspecified atom stereocenters. The van der Waals surface area contributed by atoms with Crippen LogP contribution in [-0.2, 0) is 0 Å². The van der Waals surface area contributed by atoms with Crippen LogP contribution in [0.3, 0.4) is 0 Å². The van der Waals surface area contributed by atoms with Crippen molar-refractivity contribution in [3.8, 4) is 5.75 Å². The van der Waals surface area contributed by atoms with Gasteiger partial charge in [0, 0.05) is 6.04 Å². The molecule has 0 aromatic heterocycles. The molecule has 1 fully saturated rings. The summed E-state index contributed by atoms with van der Waals surface area (Å²) in [5.74, 6) is 1.70. The highest BCUT2D eigenvalue weighted by molar-refractivity contribution is 9.10. The monoisotopic (exact) mass is 353 g/mol. The zero-order valence-electron chi connectivity index (χ0n) is 13.3. The van der Waals surface area contributed by atoms with Crippen molar-refractivity contribution in [1.29, 1.82) is 0 Å². The molecule has 118 valence electrons. The molecular formula is C18H28BrNO. The van der Waals surface area contributed by atoms with Gasteiger partial charge in [0.05, 0.1) is 11.1 Å². The van der Waals surface area contributed by atoms with E-state index in [1.54, 1.807) is 0 Å². The van der Waals surface area contributed by atoms with Gasteiger partial charge in [0.1, 0.15) is 5.75 Å². The Kier molecular flexibility index (Phi) is 7.05. The number of halogens is 1. The van der Waals surface area contributed by atoms with Crippen LogP contribution < -0.4 is 10.1 Å². The molecule has 3 heteroatoms. The van der Waals surface area contributed by atoms with Crippen molar-refractivity contribution in [1.82, 2.24) is 5.32 Å². The van der Waals surface area contributed by atoms with Crippen LogP contribution in [0.2, 0.25) is 0 Å². The SMILES string of the molecule is CCNC(c1ccc(OCC)c(Br)c1)C1CCCCCC1. The molecule has 1 aliphatic rings. The first-order chi connectivity index (χ1) is 10.3. The maximum Gasteiger partial charge on any atom is 0.133 e. The summed E-state index contributed by atoms with van der Waals surface area (Å²) in [5, 5.41) is 3.71. The molecule has 1 atom stereocenters. The van der Waals surface area contributed by atoms with Crippen molar-refractivity contribution in [2.45, 2.75) is 58.4 Å². The van der Waals surface area contributed by atoms with Crippen molar-refractivity contribution in [3.05, 3.63) is 28.2 Å². The average molecular weight is 354 g/mol. The van der Waals surface area contributed by atoms with Gasteiger partial charge in [-0.3, -0.25) is 0 Å². The minimum Gasteiger partial charge on any atom is -0.493 e. The first kappa shape index (κ1) is 16.8. The highest BCUT2D eigenvalue weighted by Gasteiger charge is 2.24. The van der Waals surface area contributed by atoms with Gasteiger partial charge in [0.25, 0.3) is 0 Å². The second-order valence-electron chi connectivity index (χ2n) is 5.91. The molecule has 0 heterocycles. The highest BCUT2D eigenvalue weighted by atomic mass is 79.9. The number of benzene rings is 1. The Hall–Kier alpha value is -0.540. The minimum absolute atomic E-state index is 0.472. The van der Waals surface area contributed by atoms with Crippen LogP contribution in [0, 0.1) is 5.92 Å². The van der Waals surface area contributed by atoms with E-state index in [-0.39, 0.29) is 0 Å². The van der Waals surface area contributed by atoms with E-state index in [9.17, 15) is 0 Å². The third kappa shape index (κ3) is 4.72. The van der Waals surface area contributed by atoms with E-state index >= 15 is 0 Å². The second kappa shape index (κ2) is 8.79. The number of ether oxygens (including phenoxy) is 1. The molecule has 2 rings (SSSR count). The average Bonchev–Trinajstić information content (AvgIpc) is 2.76. The summed E-state index contributed by atoms with van der Waals surface area (Å²) < 4.78 is 6.70. The van der Waals surface area contributed by atoms with Crippen LogP contribution in [0.5, 0.6) is 5.75 Å². The van der Waals surface area contributed by atoms with Gasteiger partial charge in [-0.15, -0.1) is 0 Å². The summed E-state index contributed by atoms with van der Waals surface area (Å²) in [6.07, 6.45) is 8.27. The normalized spacial score (nSPS) is 18.2. The third-order valence-electron chi connectivity index (χ3n) is 4.41. The van der Waals surface area contributed by atoms with E-state index in [0.29, 0.717) is 12.6 Å². The van der Waals surface area contributed by atoms with Crippen LogP contribution in [-0.4, -0.2) is 13.2 Å². The lowest BCUT2D eigenvalue weighted by Crippen LogP contribution is -2.28. The van der Waals surface area contributed by atoms with Gasteiger partial charge < -0.3 is 10.1 Å². The van der Waals surface area contributed by atoms with Gasteiger partial charge in [0.15, 0.2) is 0 Å². The molecule has 0 saturated heterocycles. The van der Waals surface area contributed by atoms with E-state index < -0.39 is 0 Å². The van der Waals surface area contributed by atoms with Gasteiger partial charge >= 0.3 is 0 Å². The summed E-state index contributed by atoms with van der Waals surface area (Å²) in [6, 6.07) is 7.04. The molecule has 0 amide bonds. The summed E-state index contributed by atoms with van der Waals surface area (Å²) in [4.78, 5) is 0. The van der Waals surface area contributed by atoms with Gasteiger partial charge in [-0.2, -0.15) is 0 Å². The number of hydrogen-bond donors (Lipinski definition) is 1. The van der Waals surface area contributed by atoms with E-state index in [1.807, 2.05) is 6.92 Å². The Morgan fingerprint density at radius 3 is 2.48 bits per heavy atom. The summed E-state index contributed by atoms with van der Waals surface area (Å²) >= 11 is 3.65. The zero-order chi connectivity index (χ0) is 15.1. The lowest BCUT2D eigenvalue weighted by Gasteiger charge is -2.28. The van der Waals surface area contributed by atoms with Gasteiger partial charge in [0.2, 0.25) is 0 Å². The van der Waals surface area contributed by atoms with Gasteiger partial charge in [-0.05, 0) is 65.9 Å². The molecule has 1 aliphatic carbocycles. The Morgan fingerprint density at radius 1 is 1.19 bits per heavy atom. The predicted octanol–water partition coefficient (Wildman–Crippen LogP) is 5.47. The standard InChI is InChI=1S/C18H28BrNO/c1-3-20-18(14-9-7-5-6-8-10-14)15-11-12-17(21-4-2)16(19)13-15/h11-14,18,20H,3-10H2,1-2H3. The fourth-order valence-electron chi connectivity index (χ4n) is 3.40. The molecule has 21 heavy (non-hydrogen) atoms. The maximum absolute atomic E-state index is 5.63. The molecule has 2 nitrogen and oxygen atoms in total. The van der Waals surface area contributed by atoms with Crippen molar-refractivity contribution in [2.75, 3.05) is 13.2 Å². The van der Waals surface area contributed by atoms with Gasteiger partial charge in [-0.1, -0.05) is 38.7 Å². The first-order valence-electron chi connectivity index (χ1n) is 8.41. The van der Waals surface area contributed by atoms with E-state index in [2.05, 4.69) is 46.4 Å². The zero-order valence-corrected chi connectivity index (χ0v) is 14.9. The van der Waals surface area contributed by atoms with Crippen molar-refractivity contribution in [3.63, 3.8) is 0 Å². The molecule has 1 aromatic carbocycles. The predicted molar refractivity (Wildman–Crippen MR) is 92.9 cm³/mol. The molecule has 1 aromatic rings. The molecule has 0 bridgehead atoms. The molecule has 0 radical (unpaired) electrons. The van der Waals surface area contributed by atoms with Crippen LogP contribution in [0.25, 0.3) is 0 Å². The summed E-state index contributed by atoms with van der Waals surface area (Å²) in [5.41, 5.74) is 1.39. The number of nitrogens with one attached hydrogen (secondary N) is 1. The van der Waals surface area contributed by atoms with E-state index in [4.69, 9.17) is 4.74 Å². The molecule has 0 aliphatic heterocycles. The van der Waals surface area contributed by atoms with Crippen molar-refractivity contribution < 1.29 is 4.74 Å². The molecule has 0 spiro atoms. The number of rotatable bonds is 6. The van der Waals surface area contributed by atoms with Gasteiger partial charge in [-0.25, -0.2) is 0 Å². The van der Waals surface area contributed by atoms with Crippen LogP contribution in [0.1, 0.15) is 64.0 Å². The lowest BCUT2D eigenvalue weighted by molar-refractivity contribution is 0.326.